The maximum atomic E-state index is 10.5. The number of nitro benzene ring substituents is 1. The smallest absolute Gasteiger partial charge is 0.258 e. The van der Waals surface area contributed by atoms with Gasteiger partial charge in [0.05, 0.1) is 16.6 Å². The summed E-state index contributed by atoms with van der Waals surface area (Å²) < 4.78 is 0. The number of nitrogens with zero attached hydrogens (tertiary/aromatic N) is 2. The van der Waals surface area contributed by atoms with Gasteiger partial charge in [0.1, 0.15) is 0 Å². The molecule has 0 bridgehead atoms. The van der Waals surface area contributed by atoms with Gasteiger partial charge in [-0.3, -0.25) is 10.1 Å². The van der Waals surface area contributed by atoms with Crippen LogP contribution in [0.1, 0.15) is 11.1 Å². The standard InChI is InChI=1S/C8H5ClN2O2/c1-5-6(4-10)2-7(9)3-8(5)11(12)13/h2-3H,1H3. The maximum Gasteiger partial charge on any atom is 0.275 e. The van der Waals surface area contributed by atoms with Gasteiger partial charge < -0.3 is 0 Å². The molecule has 0 aliphatic carbocycles. The number of nitriles is 1. The van der Waals surface area contributed by atoms with Crippen molar-refractivity contribution in [3.05, 3.63) is 38.4 Å². The van der Waals surface area contributed by atoms with Crippen LogP contribution < -0.4 is 0 Å². The fourth-order valence-corrected chi connectivity index (χ4v) is 1.18. The van der Waals surface area contributed by atoms with E-state index in [1.807, 2.05) is 6.07 Å². The minimum Gasteiger partial charge on any atom is -0.258 e. The molecule has 0 aliphatic rings. The van der Waals surface area contributed by atoms with Crippen LogP contribution in [0.4, 0.5) is 5.69 Å². The van der Waals surface area contributed by atoms with Gasteiger partial charge in [0.25, 0.3) is 5.69 Å². The largest absolute Gasteiger partial charge is 0.275 e. The van der Waals surface area contributed by atoms with E-state index in [1.165, 1.54) is 19.1 Å². The Morgan fingerprint density at radius 3 is 2.69 bits per heavy atom. The number of nitro groups is 1. The van der Waals surface area contributed by atoms with Crippen LogP contribution in [0.2, 0.25) is 5.02 Å². The van der Waals surface area contributed by atoms with E-state index < -0.39 is 4.92 Å². The molecule has 0 saturated heterocycles. The Bertz CT molecular complexity index is 409. The van der Waals surface area contributed by atoms with Gasteiger partial charge in [0.15, 0.2) is 0 Å². The molecule has 5 heteroatoms. The lowest BCUT2D eigenvalue weighted by atomic mass is 10.1. The lowest BCUT2D eigenvalue weighted by Gasteiger charge is -1.99. The van der Waals surface area contributed by atoms with Crippen molar-refractivity contribution in [2.45, 2.75) is 6.92 Å². The number of halogens is 1. The van der Waals surface area contributed by atoms with Crippen LogP contribution in [0.5, 0.6) is 0 Å². The minimum absolute atomic E-state index is 0.121. The first kappa shape index (κ1) is 9.49. The Hall–Kier alpha value is -1.60. The summed E-state index contributed by atoms with van der Waals surface area (Å²) in [4.78, 5) is 9.93. The summed E-state index contributed by atoms with van der Waals surface area (Å²) in [6, 6.07) is 4.48. The Morgan fingerprint density at radius 1 is 1.62 bits per heavy atom. The highest BCUT2D eigenvalue weighted by Gasteiger charge is 2.14. The van der Waals surface area contributed by atoms with Crippen molar-refractivity contribution in [3.8, 4) is 6.07 Å². The average Bonchev–Trinajstić information content (AvgIpc) is 2.08. The first-order valence-electron chi connectivity index (χ1n) is 3.41. The Kier molecular flexibility index (Phi) is 2.49. The molecule has 1 rings (SSSR count). The van der Waals surface area contributed by atoms with Gasteiger partial charge in [-0.1, -0.05) is 11.6 Å². The van der Waals surface area contributed by atoms with E-state index in [-0.39, 0.29) is 16.3 Å². The molecule has 1 aromatic rings. The summed E-state index contributed by atoms with van der Waals surface area (Å²) >= 11 is 5.59. The fourth-order valence-electron chi connectivity index (χ4n) is 0.970. The molecule has 0 spiro atoms. The van der Waals surface area contributed by atoms with E-state index in [1.54, 1.807) is 0 Å². The SMILES string of the molecule is Cc1c(C#N)cc(Cl)cc1[N+](=O)[O-]. The summed E-state index contributed by atoms with van der Waals surface area (Å²) in [6.07, 6.45) is 0. The molecule has 0 amide bonds. The predicted molar refractivity (Wildman–Crippen MR) is 47.6 cm³/mol. The van der Waals surface area contributed by atoms with Crippen molar-refractivity contribution in [1.82, 2.24) is 0 Å². The molecule has 4 nitrogen and oxygen atoms in total. The lowest BCUT2D eigenvalue weighted by Crippen LogP contribution is -1.94. The van der Waals surface area contributed by atoms with E-state index in [0.29, 0.717) is 5.56 Å². The van der Waals surface area contributed by atoms with E-state index in [4.69, 9.17) is 16.9 Å². The molecule has 13 heavy (non-hydrogen) atoms. The van der Waals surface area contributed by atoms with Gasteiger partial charge in [-0.2, -0.15) is 5.26 Å². The molecular formula is C8H5ClN2O2. The molecule has 0 N–H and O–H groups in total. The second kappa shape index (κ2) is 3.42. The Balaban J connectivity index is 3.47. The van der Waals surface area contributed by atoms with Gasteiger partial charge >= 0.3 is 0 Å². The quantitative estimate of drug-likeness (QED) is 0.512. The van der Waals surface area contributed by atoms with E-state index in [2.05, 4.69) is 0 Å². The van der Waals surface area contributed by atoms with Crippen LogP contribution in [0, 0.1) is 28.4 Å². The van der Waals surface area contributed by atoms with Gasteiger partial charge in [0, 0.05) is 16.7 Å². The highest BCUT2D eigenvalue weighted by Crippen LogP contribution is 2.25. The molecule has 0 radical (unpaired) electrons. The van der Waals surface area contributed by atoms with E-state index in [0.717, 1.165) is 0 Å². The first-order valence-corrected chi connectivity index (χ1v) is 3.78. The van der Waals surface area contributed by atoms with Crippen LogP contribution in [0.25, 0.3) is 0 Å². The predicted octanol–water partition coefficient (Wildman–Crippen LogP) is 2.43. The third kappa shape index (κ3) is 1.76. The molecule has 0 fully saturated rings. The van der Waals surface area contributed by atoms with Crippen molar-refractivity contribution in [2.24, 2.45) is 0 Å². The second-order valence-electron chi connectivity index (χ2n) is 2.47. The zero-order valence-corrected chi connectivity index (χ0v) is 7.50. The third-order valence-electron chi connectivity index (χ3n) is 1.66. The average molecular weight is 197 g/mol. The number of rotatable bonds is 1. The molecule has 1 aromatic carbocycles. The number of benzene rings is 1. The monoisotopic (exact) mass is 196 g/mol. The molecule has 0 heterocycles. The molecule has 66 valence electrons. The van der Waals surface area contributed by atoms with Gasteiger partial charge in [-0.15, -0.1) is 0 Å². The molecule has 0 atom stereocenters. The molecular weight excluding hydrogens is 192 g/mol. The molecule has 0 aliphatic heterocycles. The van der Waals surface area contributed by atoms with Crippen molar-refractivity contribution >= 4 is 17.3 Å². The van der Waals surface area contributed by atoms with Crippen molar-refractivity contribution in [3.63, 3.8) is 0 Å². The lowest BCUT2D eigenvalue weighted by molar-refractivity contribution is -0.385. The normalized spacial score (nSPS) is 9.31. The van der Waals surface area contributed by atoms with Crippen LogP contribution in [0.3, 0.4) is 0 Å². The fraction of sp³-hybridized carbons (Fsp3) is 0.125. The van der Waals surface area contributed by atoms with Gasteiger partial charge in [-0.05, 0) is 13.0 Å². The third-order valence-corrected chi connectivity index (χ3v) is 1.88. The second-order valence-corrected chi connectivity index (χ2v) is 2.90. The zero-order chi connectivity index (χ0) is 10.0. The van der Waals surface area contributed by atoms with Crippen molar-refractivity contribution in [2.75, 3.05) is 0 Å². The Morgan fingerprint density at radius 2 is 2.23 bits per heavy atom. The van der Waals surface area contributed by atoms with E-state index >= 15 is 0 Å². The maximum absolute atomic E-state index is 10.5. The molecule has 0 unspecified atom stereocenters. The van der Waals surface area contributed by atoms with Gasteiger partial charge in [-0.25, -0.2) is 0 Å². The zero-order valence-electron chi connectivity index (χ0n) is 6.74. The van der Waals surface area contributed by atoms with Crippen molar-refractivity contribution in [1.29, 1.82) is 5.26 Å². The first-order chi connectivity index (χ1) is 6.06. The van der Waals surface area contributed by atoms with E-state index in [9.17, 15) is 10.1 Å². The van der Waals surface area contributed by atoms with Crippen LogP contribution >= 0.6 is 11.6 Å². The highest BCUT2D eigenvalue weighted by atomic mass is 35.5. The summed E-state index contributed by atoms with van der Waals surface area (Å²) in [5, 5.41) is 19.3. The highest BCUT2D eigenvalue weighted by molar-refractivity contribution is 6.31. The summed E-state index contributed by atoms with van der Waals surface area (Å²) in [7, 11) is 0. The molecule has 0 saturated carbocycles. The molecule has 0 aromatic heterocycles. The summed E-state index contributed by atoms with van der Waals surface area (Å²) in [5.41, 5.74) is 0.458. The van der Waals surface area contributed by atoms with Crippen LogP contribution in [-0.4, -0.2) is 4.92 Å². The van der Waals surface area contributed by atoms with Crippen molar-refractivity contribution < 1.29 is 4.92 Å². The minimum atomic E-state index is -0.554. The summed E-state index contributed by atoms with van der Waals surface area (Å²) in [5.74, 6) is 0. The number of hydrogen-bond acceptors (Lipinski definition) is 3. The van der Waals surface area contributed by atoms with Crippen LogP contribution in [-0.2, 0) is 0 Å². The topological polar surface area (TPSA) is 66.9 Å². The van der Waals surface area contributed by atoms with Crippen LogP contribution in [0.15, 0.2) is 12.1 Å². The summed E-state index contributed by atoms with van der Waals surface area (Å²) in [6.45, 7) is 1.52. The number of hydrogen-bond donors (Lipinski definition) is 0. The Labute approximate surface area is 79.5 Å². The van der Waals surface area contributed by atoms with Gasteiger partial charge in [0.2, 0.25) is 0 Å².